The molecule has 0 aliphatic rings. The Morgan fingerprint density at radius 2 is 1.84 bits per heavy atom. The summed E-state index contributed by atoms with van der Waals surface area (Å²) in [5, 5.41) is 4.43. The Bertz CT molecular complexity index is 959. The highest BCUT2D eigenvalue weighted by atomic mass is 19.2. The first kappa shape index (κ1) is 16.7. The average Bonchev–Trinajstić information content (AvgIpc) is 3.04. The fraction of sp³-hybridized carbons (Fsp3) is 0.125. The Labute approximate surface area is 138 Å². The molecular formula is C16H11F4N3O2. The van der Waals surface area contributed by atoms with Crippen molar-refractivity contribution < 1.29 is 26.7 Å². The number of hydrogen-bond acceptors (Lipinski definition) is 5. The third-order valence-electron chi connectivity index (χ3n) is 3.42. The second kappa shape index (κ2) is 6.42. The van der Waals surface area contributed by atoms with Crippen molar-refractivity contribution in [3.05, 3.63) is 53.6 Å². The van der Waals surface area contributed by atoms with Crippen LogP contribution < -0.4 is 10.2 Å². The molecule has 2 aromatic heterocycles. The second-order valence-electron chi connectivity index (χ2n) is 4.99. The minimum atomic E-state index is -1.78. The molecule has 1 N–H and O–H groups in total. The molecule has 5 nitrogen and oxygen atoms in total. The molecule has 130 valence electrons. The van der Waals surface area contributed by atoms with Crippen LogP contribution in [0.2, 0.25) is 0 Å². The highest BCUT2D eigenvalue weighted by Gasteiger charge is 2.20. The lowest BCUT2D eigenvalue weighted by Gasteiger charge is -2.05. The summed E-state index contributed by atoms with van der Waals surface area (Å²) >= 11 is 0. The Morgan fingerprint density at radius 3 is 2.48 bits per heavy atom. The normalized spacial score (nSPS) is 11.8. The first-order chi connectivity index (χ1) is 11.9. The highest BCUT2D eigenvalue weighted by Crippen LogP contribution is 2.29. The van der Waals surface area contributed by atoms with E-state index in [1.54, 1.807) is 24.3 Å². The lowest BCUT2D eigenvalue weighted by atomic mass is 10.2. The monoisotopic (exact) mass is 353 g/mol. The summed E-state index contributed by atoms with van der Waals surface area (Å²) < 4.78 is 64.0. The van der Waals surface area contributed by atoms with Crippen molar-refractivity contribution in [2.45, 2.75) is 6.92 Å². The number of benzene rings is 1. The van der Waals surface area contributed by atoms with E-state index in [2.05, 4.69) is 10.1 Å². The summed E-state index contributed by atoms with van der Waals surface area (Å²) in [6.07, 6.45) is 0. The zero-order chi connectivity index (χ0) is 18.1. The summed E-state index contributed by atoms with van der Waals surface area (Å²) in [4.78, 5) is 2.46. The fourth-order valence-corrected chi connectivity index (χ4v) is 2.16. The molecule has 0 saturated carbocycles. The van der Waals surface area contributed by atoms with Crippen LogP contribution in [0.4, 0.5) is 23.2 Å². The number of aromatic nitrogens is 1. The van der Waals surface area contributed by atoms with E-state index >= 15 is 0 Å². The molecule has 0 spiro atoms. The molecule has 0 radical (unpaired) electrons. The summed E-state index contributed by atoms with van der Waals surface area (Å²) in [7, 11) is 1.48. The number of pyridine rings is 1. The molecule has 9 heteroatoms. The lowest BCUT2D eigenvalue weighted by molar-refractivity contribution is 0.409. The Hall–Kier alpha value is -3.10. The van der Waals surface area contributed by atoms with Gasteiger partial charge in [0.05, 0.1) is 7.11 Å². The minimum Gasteiger partial charge on any atom is -0.493 e. The number of nitrogens with zero attached hydrogens (tertiary/aromatic N) is 2. The van der Waals surface area contributed by atoms with Crippen molar-refractivity contribution in [3.63, 3.8) is 0 Å². The number of hydrazone groups is 1. The van der Waals surface area contributed by atoms with Crippen LogP contribution in [0.5, 0.6) is 5.75 Å². The van der Waals surface area contributed by atoms with Gasteiger partial charge in [-0.2, -0.15) is 27.6 Å². The van der Waals surface area contributed by atoms with E-state index < -0.39 is 29.2 Å². The molecule has 0 bridgehead atoms. The van der Waals surface area contributed by atoms with E-state index in [0.717, 1.165) is 5.39 Å². The maximum Gasteiger partial charge on any atom is 0.254 e. The number of fused-ring (bicyclic) bond motifs is 1. The maximum absolute atomic E-state index is 13.5. The van der Waals surface area contributed by atoms with Crippen LogP contribution >= 0.6 is 0 Å². The average molecular weight is 353 g/mol. The van der Waals surface area contributed by atoms with Gasteiger partial charge in [-0.3, -0.25) is 5.43 Å². The smallest absolute Gasteiger partial charge is 0.254 e. The minimum absolute atomic E-state index is 0.190. The zero-order valence-corrected chi connectivity index (χ0v) is 13.0. The van der Waals surface area contributed by atoms with Gasteiger partial charge in [0.2, 0.25) is 11.6 Å². The summed E-state index contributed by atoms with van der Waals surface area (Å²) in [6, 6.07) is 6.88. The molecule has 0 amide bonds. The van der Waals surface area contributed by atoms with E-state index in [-0.39, 0.29) is 11.5 Å². The Morgan fingerprint density at radius 1 is 1.16 bits per heavy atom. The van der Waals surface area contributed by atoms with E-state index in [1.165, 1.54) is 14.0 Å². The Kier molecular flexibility index (Phi) is 4.30. The van der Waals surface area contributed by atoms with Crippen LogP contribution in [0.3, 0.4) is 0 Å². The molecule has 0 fully saturated rings. The molecule has 25 heavy (non-hydrogen) atoms. The molecule has 0 aliphatic carbocycles. The lowest BCUT2D eigenvalue weighted by Crippen LogP contribution is -2.07. The topological polar surface area (TPSA) is 59.6 Å². The molecule has 3 aromatic rings. The van der Waals surface area contributed by atoms with Gasteiger partial charge in [-0.05, 0) is 19.1 Å². The van der Waals surface area contributed by atoms with Crippen molar-refractivity contribution in [3.8, 4) is 5.75 Å². The number of rotatable bonds is 4. The number of nitrogens with one attached hydrogen (secondary N) is 1. The van der Waals surface area contributed by atoms with Gasteiger partial charge in [0, 0.05) is 5.39 Å². The van der Waals surface area contributed by atoms with Gasteiger partial charge in [-0.25, -0.2) is 0 Å². The van der Waals surface area contributed by atoms with Gasteiger partial charge >= 0.3 is 0 Å². The molecule has 0 aliphatic heterocycles. The van der Waals surface area contributed by atoms with Crippen molar-refractivity contribution >= 4 is 22.4 Å². The number of furan rings is 1. The van der Waals surface area contributed by atoms with Crippen molar-refractivity contribution in [2.75, 3.05) is 12.5 Å². The van der Waals surface area contributed by atoms with E-state index in [4.69, 9.17) is 9.15 Å². The molecule has 0 atom stereocenters. The molecule has 0 saturated heterocycles. The van der Waals surface area contributed by atoms with Gasteiger partial charge in [0.15, 0.2) is 17.1 Å². The molecule has 3 rings (SSSR count). The van der Waals surface area contributed by atoms with Crippen LogP contribution in [0.15, 0.2) is 33.8 Å². The summed E-state index contributed by atoms with van der Waals surface area (Å²) in [5.41, 5.74) is 1.53. The van der Waals surface area contributed by atoms with E-state index in [0.29, 0.717) is 11.3 Å². The first-order valence-corrected chi connectivity index (χ1v) is 6.99. The van der Waals surface area contributed by atoms with Gasteiger partial charge in [-0.1, -0.05) is 12.1 Å². The molecule has 2 heterocycles. The van der Waals surface area contributed by atoms with Crippen LogP contribution in [-0.4, -0.2) is 17.8 Å². The number of anilines is 1. The predicted molar refractivity (Wildman–Crippen MR) is 82.7 cm³/mol. The third-order valence-corrected chi connectivity index (χ3v) is 3.42. The van der Waals surface area contributed by atoms with Crippen LogP contribution in [0.25, 0.3) is 11.0 Å². The summed E-state index contributed by atoms with van der Waals surface area (Å²) in [6.45, 7) is 1.49. The number of para-hydroxylation sites is 1. The summed E-state index contributed by atoms with van der Waals surface area (Å²) in [5.74, 6) is -6.13. The van der Waals surface area contributed by atoms with Gasteiger partial charge in [0.1, 0.15) is 11.4 Å². The fourth-order valence-electron chi connectivity index (χ4n) is 2.16. The maximum atomic E-state index is 13.5. The van der Waals surface area contributed by atoms with Crippen LogP contribution in [0.1, 0.15) is 12.7 Å². The van der Waals surface area contributed by atoms with Gasteiger partial charge in [0.25, 0.3) is 11.9 Å². The second-order valence-corrected chi connectivity index (χ2v) is 4.99. The predicted octanol–water partition coefficient (Wildman–Crippen LogP) is 4.23. The van der Waals surface area contributed by atoms with Gasteiger partial charge in [-0.15, -0.1) is 0 Å². The van der Waals surface area contributed by atoms with E-state index in [1.807, 2.05) is 5.43 Å². The number of hydrogen-bond donors (Lipinski definition) is 1. The zero-order valence-electron chi connectivity index (χ0n) is 13.0. The Balaban J connectivity index is 1.96. The van der Waals surface area contributed by atoms with Crippen molar-refractivity contribution in [1.29, 1.82) is 0 Å². The largest absolute Gasteiger partial charge is 0.493 e. The standard InChI is InChI=1S/C16H11F4N3O2/c1-7(10-6-8-4-3-5-9(24-2)14(8)25-10)22-23-13-11(17)15(19)21-16(20)12(13)18/h3-6H,1-2H3,(H,21,23)/b22-7-. The quantitative estimate of drug-likeness (QED) is 0.330. The SMILES string of the molecule is COc1cccc2cc(/C(C)=N\Nc3c(F)c(F)nc(F)c3F)oc12. The molecule has 1 aromatic carbocycles. The number of ether oxygens (including phenoxy) is 1. The number of methoxy groups -OCH3 is 1. The molecule has 0 unspecified atom stereocenters. The van der Waals surface area contributed by atoms with Crippen molar-refractivity contribution in [1.82, 2.24) is 4.98 Å². The van der Waals surface area contributed by atoms with Gasteiger partial charge < -0.3 is 9.15 Å². The van der Waals surface area contributed by atoms with Crippen molar-refractivity contribution in [2.24, 2.45) is 5.10 Å². The highest BCUT2D eigenvalue weighted by molar-refractivity contribution is 6.00. The third kappa shape index (κ3) is 3.00. The van der Waals surface area contributed by atoms with Crippen LogP contribution in [-0.2, 0) is 0 Å². The molecular weight excluding hydrogens is 342 g/mol. The van der Waals surface area contributed by atoms with Crippen LogP contribution in [0, 0.1) is 23.5 Å². The first-order valence-electron chi connectivity index (χ1n) is 6.99. The number of halogens is 4. The van der Waals surface area contributed by atoms with E-state index in [9.17, 15) is 17.6 Å².